The average molecular weight is 817 g/mol. The first-order valence-corrected chi connectivity index (χ1v) is 19.8. The molecule has 0 bridgehead atoms. The van der Waals surface area contributed by atoms with Gasteiger partial charge in [0.25, 0.3) is 0 Å². The third-order valence-corrected chi connectivity index (χ3v) is 11.4. The van der Waals surface area contributed by atoms with Crippen molar-refractivity contribution in [2.45, 2.75) is 56.1 Å². The van der Waals surface area contributed by atoms with Crippen LogP contribution in [0, 0.1) is 34.2 Å². The summed E-state index contributed by atoms with van der Waals surface area (Å²) in [4.78, 5) is 18.2. The molecule has 0 spiro atoms. The molecule has 0 radical (unpaired) electrons. The van der Waals surface area contributed by atoms with E-state index in [1.807, 2.05) is 6.07 Å². The highest BCUT2D eigenvalue weighted by Gasteiger charge is 2.49. The molecule has 3 aromatic rings. The third-order valence-electron chi connectivity index (χ3n) is 8.49. The summed E-state index contributed by atoms with van der Waals surface area (Å²) >= 11 is 1.32. The van der Waals surface area contributed by atoms with E-state index in [4.69, 9.17) is 33.0 Å². The molecule has 1 saturated heterocycles. The van der Waals surface area contributed by atoms with Crippen molar-refractivity contribution in [1.82, 2.24) is 14.8 Å². The van der Waals surface area contributed by atoms with Gasteiger partial charge in [0.2, 0.25) is 0 Å². The molecule has 0 aliphatic carbocycles. The molecular formula is C39H44F3N4O8PS. The van der Waals surface area contributed by atoms with Gasteiger partial charge in [-0.1, -0.05) is 36.4 Å². The number of nitriles is 1. The van der Waals surface area contributed by atoms with Crippen molar-refractivity contribution in [3.8, 4) is 6.07 Å². The van der Waals surface area contributed by atoms with Crippen molar-refractivity contribution in [2.24, 2.45) is 5.41 Å². The topological polar surface area (TPSA) is 144 Å². The number of aromatic nitrogens is 3. The molecule has 4 rings (SSSR count). The van der Waals surface area contributed by atoms with Gasteiger partial charge in [0.05, 0.1) is 61.9 Å². The summed E-state index contributed by atoms with van der Waals surface area (Å²) in [6.07, 6.45) is 11.1. The molecular weight excluding hydrogens is 772 g/mol. The van der Waals surface area contributed by atoms with Crippen LogP contribution >= 0.6 is 19.6 Å². The van der Waals surface area contributed by atoms with E-state index in [1.54, 1.807) is 45.1 Å². The van der Waals surface area contributed by atoms with Crippen LogP contribution in [0.4, 0.5) is 13.2 Å². The normalized spacial score (nSPS) is 18.0. The second kappa shape index (κ2) is 20.7. The lowest BCUT2D eigenvalue weighted by Gasteiger charge is -2.42. The van der Waals surface area contributed by atoms with Gasteiger partial charge in [-0.05, 0) is 57.5 Å². The maximum Gasteiger partial charge on any atom is 0.475 e. The van der Waals surface area contributed by atoms with Crippen LogP contribution < -0.4 is 0 Å². The van der Waals surface area contributed by atoms with E-state index in [1.165, 1.54) is 59.4 Å². The molecule has 12 nitrogen and oxygen atoms in total. The molecule has 1 aliphatic heterocycles. The number of ether oxygens (including phenoxy) is 3. The minimum Gasteiger partial charge on any atom is -0.450 e. The Balaban J connectivity index is 1.52. The summed E-state index contributed by atoms with van der Waals surface area (Å²) in [7, 11) is -4.03. The van der Waals surface area contributed by atoms with E-state index >= 15 is 4.39 Å². The molecule has 0 amide bonds. The predicted octanol–water partition coefficient (Wildman–Crippen LogP) is 8.08. The highest BCUT2D eigenvalue weighted by atomic mass is 32.2. The Kier molecular flexibility index (Phi) is 16.4. The number of allylic oxidation sites excluding steroid dienone is 2. The van der Waals surface area contributed by atoms with Crippen LogP contribution in [0.15, 0.2) is 92.6 Å². The average Bonchev–Trinajstić information content (AvgIpc) is 3.68. The number of carbonyl (C=O) groups is 1. The molecule has 1 aliphatic rings. The molecule has 56 heavy (non-hydrogen) atoms. The van der Waals surface area contributed by atoms with Crippen molar-refractivity contribution in [1.29, 1.82) is 5.26 Å². The van der Waals surface area contributed by atoms with Crippen molar-refractivity contribution in [3.63, 3.8) is 0 Å². The number of carbonyl (C=O) groups excluding carboxylic acids is 1. The minimum atomic E-state index is -4.03. The number of phosphoric acid groups is 1. The van der Waals surface area contributed by atoms with Crippen LogP contribution in [-0.2, 0) is 49.3 Å². The van der Waals surface area contributed by atoms with Gasteiger partial charge < -0.3 is 14.2 Å². The fraction of sp³-hybridized carbons (Fsp3) is 0.385. The van der Waals surface area contributed by atoms with Gasteiger partial charge in [-0.25, -0.2) is 27.4 Å². The van der Waals surface area contributed by atoms with Crippen LogP contribution in [0.1, 0.15) is 43.9 Å². The molecule has 2 atom stereocenters. The number of esters is 1. The monoisotopic (exact) mass is 816 g/mol. The van der Waals surface area contributed by atoms with Gasteiger partial charge >= 0.3 is 13.8 Å². The van der Waals surface area contributed by atoms with Gasteiger partial charge in [0.1, 0.15) is 30.1 Å². The van der Waals surface area contributed by atoms with Crippen molar-refractivity contribution in [3.05, 3.63) is 127 Å². The van der Waals surface area contributed by atoms with Crippen LogP contribution in [0.2, 0.25) is 0 Å². The van der Waals surface area contributed by atoms with E-state index in [0.29, 0.717) is 11.6 Å². The Morgan fingerprint density at radius 3 is 2.41 bits per heavy atom. The second-order valence-corrected chi connectivity index (χ2v) is 16.4. The van der Waals surface area contributed by atoms with E-state index in [2.05, 4.69) is 23.2 Å². The van der Waals surface area contributed by atoms with E-state index in [0.717, 1.165) is 12.1 Å². The van der Waals surface area contributed by atoms with Crippen LogP contribution in [-0.4, -0.2) is 70.6 Å². The summed E-state index contributed by atoms with van der Waals surface area (Å²) in [6, 6.07) is 9.10. The van der Waals surface area contributed by atoms with E-state index < -0.39 is 53.8 Å². The molecule has 2 aromatic carbocycles. The zero-order chi connectivity index (χ0) is 40.8. The Morgan fingerprint density at radius 1 is 1.09 bits per heavy atom. The number of benzene rings is 2. The number of nitrogens with zero attached hydrogens (tertiary/aromatic N) is 4. The molecule has 0 N–H and O–H groups in total. The molecule has 0 unspecified atom stereocenters. The zero-order valence-electron chi connectivity index (χ0n) is 31.2. The number of phosphoric ester groups is 1. The van der Waals surface area contributed by atoms with Gasteiger partial charge in [0.15, 0.2) is 11.9 Å². The van der Waals surface area contributed by atoms with Crippen LogP contribution in [0.25, 0.3) is 6.08 Å². The Hall–Kier alpha value is -4.33. The Morgan fingerprint density at radius 2 is 1.80 bits per heavy atom. The summed E-state index contributed by atoms with van der Waals surface area (Å²) in [5, 5.41) is 12.1. The fourth-order valence-electron chi connectivity index (χ4n) is 5.34. The van der Waals surface area contributed by atoms with Crippen molar-refractivity contribution in [2.75, 3.05) is 33.0 Å². The lowest BCUT2D eigenvalue weighted by atomic mass is 9.86. The molecule has 2 heterocycles. The van der Waals surface area contributed by atoms with Gasteiger partial charge in [-0.2, -0.15) is 10.4 Å². The molecule has 1 aromatic heterocycles. The van der Waals surface area contributed by atoms with E-state index in [-0.39, 0.29) is 62.4 Å². The lowest BCUT2D eigenvalue weighted by Crippen LogP contribution is -2.49. The SMILES string of the molecule is C=CCOP(=O)(OCC=C)OCCC(C)(C)C(=O)O[C@@](Cn1cncn1)(c1ccc(F)cc1F)[C@@H](C)S[C@H]1CO[C@H](C=CC=Cc2ccc(C#N)cc2F)OC1. The number of hydrogen-bond donors (Lipinski definition) is 0. The number of thioether (sulfide) groups is 1. The smallest absolute Gasteiger partial charge is 0.450 e. The third kappa shape index (κ3) is 12.3. The number of halogens is 3. The van der Waals surface area contributed by atoms with Crippen molar-refractivity contribution >= 4 is 31.6 Å². The first-order valence-electron chi connectivity index (χ1n) is 17.4. The lowest BCUT2D eigenvalue weighted by molar-refractivity contribution is -0.175. The largest absolute Gasteiger partial charge is 0.475 e. The molecule has 0 saturated carbocycles. The quantitative estimate of drug-likeness (QED) is 0.0444. The highest BCUT2D eigenvalue weighted by molar-refractivity contribution is 8.00. The van der Waals surface area contributed by atoms with Crippen LogP contribution in [0.5, 0.6) is 0 Å². The maximum atomic E-state index is 15.9. The second-order valence-electron chi connectivity index (χ2n) is 13.1. The molecule has 1 fully saturated rings. The van der Waals surface area contributed by atoms with Crippen LogP contribution in [0.3, 0.4) is 0 Å². The number of hydrogen-bond acceptors (Lipinski definition) is 12. The summed E-state index contributed by atoms with van der Waals surface area (Å²) in [5.74, 6) is -3.05. The summed E-state index contributed by atoms with van der Waals surface area (Å²) in [5.41, 5.74) is -2.66. The van der Waals surface area contributed by atoms with Gasteiger partial charge in [0, 0.05) is 22.4 Å². The highest BCUT2D eigenvalue weighted by Crippen LogP contribution is 2.50. The fourth-order valence-corrected chi connectivity index (χ4v) is 7.82. The maximum absolute atomic E-state index is 15.9. The Bertz CT molecular complexity index is 1930. The molecule has 17 heteroatoms. The minimum absolute atomic E-state index is 0.0195. The van der Waals surface area contributed by atoms with Gasteiger partial charge in [-0.3, -0.25) is 18.4 Å². The summed E-state index contributed by atoms with van der Waals surface area (Å²) < 4.78 is 93.0. The Labute approximate surface area is 328 Å². The first kappa shape index (κ1) is 44.4. The van der Waals surface area contributed by atoms with Gasteiger partial charge in [-0.15, -0.1) is 24.9 Å². The van der Waals surface area contributed by atoms with E-state index in [9.17, 15) is 18.1 Å². The van der Waals surface area contributed by atoms with Crippen molar-refractivity contribution < 1.29 is 50.3 Å². The standard InChI is InChI=1S/C39H44F3N4O8PS/c1-6-17-51-55(48,52-18-7-2)53-19-16-38(4,5)37(47)54-39(25-46-27-44-26-45-46,33-15-14-31(40)21-35(33)42)28(3)56-32-23-49-36(50-24-32)11-9-8-10-30-13-12-29(22-43)20-34(30)41/h6-15,20-21,26-28,32,36H,1-2,16-19,23-25H2,3-5H3/t28-,32-,36-,39-/m1/s1. The zero-order valence-corrected chi connectivity index (χ0v) is 32.9. The predicted molar refractivity (Wildman–Crippen MR) is 204 cm³/mol. The summed E-state index contributed by atoms with van der Waals surface area (Å²) in [6.45, 7) is 11.7. The number of rotatable bonds is 21. The first-order chi connectivity index (χ1) is 26.7. The molecule has 300 valence electrons.